The molecule has 0 aliphatic heterocycles. The number of ether oxygens (including phenoxy) is 1. The van der Waals surface area contributed by atoms with Crippen LogP contribution in [0.4, 0.5) is 0 Å². The quantitative estimate of drug-likeness (QED) is 0.539. The summed E-state index contributed by atoms with van der Waals surface area (Å²) in [5.41, 5.74) is 0.673. The van der Waals surface area contributed by atoms with E-state index in [1.54, 1.807) is 24.3 Å². The zero-order valence-electron chi connectivity index (χ0n) is 8.19. The first-order valence-electron chi connectivity index (χ1n) is 4.30. The van der Waals surface area contributed by atoms with E-state index in [-0.39, 0.29) is 5.78 Å². The fraction of sp³-hybridized carbons (Fsp3) is 0.273. The number of hydrogen-bond acceptors (Lipinski definition) is 3. The first-order valence-corrected chi connectivity index (χ1v) is 4.30. The molecule has 1 aromatic rings. The smallest absolute Gasteiger partial charge is 0.320 e. The maximum absolute atomic E-state index is 11.3. The molecule has 0 aromatic heterocycles. The number of carbonyl (C=O) groups is 2. The summed E-state index contributed by atoms with van der Waals surface area (Å²) in [7, 11) is 1.28. The van der Waals surface area contributed by atoms with Crippen molar-refractivity contribution >= 4 is 11.8 Å². The van der Waals surface area contributed by atoms with Crippen molar-refractivity contribution in [1.82, 2.24) is 0 Å². The molecule has 1 atom stereocenters. The van der Waals surface area contributed by atoms with Gasteiger partial charge in [-0.15, -0.1) is 0 Å². The van der Waals surface area contributed by atoms with E-state index in [1.807, 2.05) is 6.07 Å². The lowest BCUT2D eigenvalue weighted by Crippen LogP contribution is -2.20. The van der Waals surface area contributed by atoms with Crippen molar-refractivity contribution < 1.29 is 14.3 Å². The fourth-order valence-corrected chi connectivity index (χ4v) is 1.30. The van der Waals surface area contributed by atoms with Gasteiger partial charge in [0.05, 0.1) is 7.11 Å². The molecule has 0 spiro atoms. The number of rotatable bonds is 3. The Kier molecular flexibility index (Phi) is 3.40. The van der Waals surface area contributed by atoms with E-state index in [0.717, 1.165) is 0 Å². The normalized spacial score (nSPS) is 11.9. The highest BCUT2D eigenvalue weighted by Crippen LogP contribution is 2.17. The standard InChI is InChI=1S/C11H12O3/c1-8(12)10(11(13)14-2)9-6-4-3-5-7-9/h3-7,10H,1-2H3. The molecular formula is C11H12O3. The summed E-state index contributed by atoms with van der Waals surface area (Å²) in [5.74, 6) is -1.51. The highest BCUT2D eigenvalue weighted by molar-refractivity contribution is 6.03. The summed E-state index contributed by atoms with van der Waals surface area (Å²) in [6.45, 7) is 1.38. The molecule has 0 heterocycles. The number of hydrogen-bond donors (Lipinski definition) is 0. The van der Waals surface area contributed by atoms with E-state index in [1.165, 1.54) is 14.0 Å². The Hall–Kier alpha value is -1.64. The van der Waals surface area contributed by atoms with Gasteiger partial charge in [0, 0.05) is 0 Å². The first kappa shape index (κ1) is 10.4. The Balaban J connectivity index is 3.01. The largest absolute Gasteiger partial charge is 0.468 e. The Labute approximate surface area is 82.7 Å². The van der Waals surface area contributed by atoms with Gasteiger partial charge in [0.1, 0.15) is 11.7 Å². The minimum absolute atomic E-state index is 0.206. The van der Waals surface area contributed by atoms with Crippen molar-refractivity contribution in [3.63, 3.8) is 0 Å². The summed E-state index contributed by atoms with van der Waals surface area (Å²) in [6, 6.07) is 8.88. The molecule has 0 aliphatic rings. The average molecular weight is 192 g/mol. The van der Waals surface area contributed by atoms with Crippen LogP contribution >= 0.6 is 0 Å². The van der Waals surface area contributed by atoms with Gasteiger partial charge in [0.2, 0.25) is 0 Å². The zero-order chi connectivity index (χ0) is 10.6. The number of carbonyl (C=O) groups excluding carboxylic acids is 2. The second-order valence-electron chi connectivity index (χ2n) is 2.98. The van der Waals surface area contributed by atoms with E-state index < -0.39 is 11.9 Å². The van der Waals surface area contributed by atoms with Crippen LogP contribution in [0.15, 0.2) is 30.3 Å². The van der Waals surface area contributed by atoms with Gasteiger partial charge in [-0.05, 0) is 12.5 Å². The highest BCUT2D eigenvalue weighted by atomic mass is 16.5. The maximum Gasteiger partial charge on any atom is 0.320 e. The summed E-state index contributed by atoms with van der Waals surface area (Å²) in [4.78, 5) is 22.6. The van der Waals surface area contributed by atoms with Gasteiger partial charge in [-0.2, -0.15) is 0 Å². The van der Waals surface area contributed by atoms with E-state index in [4.69, 9.17) is 0 Å². The molecule has 0 N–H and O–H groups in total. The van der Waals surface area contributed by atoms with Gasteiger partial charge in [-0.3, -0.25) is 9.59 Å². The number of esters is 1. The average Bonchev–Trinajstić information content (AvgIpc) is 2.19. The molecule has 1 rings (SSSR count). The fourth-order valence-electron chi connectivity index (χ4n) is 1.30. The number of methoxy groups -OCH3 is 1. The topological polar surface area (TPSA) is 43.4 Å². The second kappa shape index (κ2) is 4.56. The van der Waals surface area contributed by atoms with Crippen molar-refractivity contribution in [2.45, 2.75) is 12.8 Å². The van der Waals surface area contributed by atoms with E-state index in [0.29, 0.717) is 5.56 Å². The van der Waals surface area contributed by atoms with Crippen molar-refractivity contribution in [2.75, 3.05) is 7.11 Å². The van der Waals surface area contributed by atoms with Crippen LogP contribution in [0.25, 0.3) is 0 Å². The molecule has 74 valence electrons. The lowest BCUT2D eigenvalue weighted by Gasteiger charge is -2.10. The van der Waals surface area contributed by atoms with E-state index in [9.17, 15) is 9.59 Å². The summed E-state index contributed by atoms with van der Waals surface area (Å²) in [5, 5.41) is 0. The molecule has 0 saturated heterocycles. The molecule has 0 aliphatic carbocycles. The Morgan fingerprint density at radius 1 is 1.21 bits per heavy atom. The maximum atomic E-state index is 11.3. The van der Waals surface area contributed by atoms with Crippen LogP contribution in [0, 0.1) is 0 Å². The van der Waals surface area contributed by atoms with Crippen molar-refractivity contribution in [3.05, 3.63) is 35.9 Å². The lowest BCUT2D eigenvalue weighted by atomic mass is 9.96. The molecule has 0 fully saturated rings. The third-order valence-electron chi connectivity index (χ3n) is 1.98. The van der Waals surface area contributed by atoms with Crippen LogP contribution in [0.1, 0.15) is 18.4 Å². The Bertz CT molecular complexity index is 330. The predicted molar refractivity (Wildman–Crippen MR) is 51.9 cm³/mol. The van der Waals surface area contributed by atoms with Gasteiger partial charge >= 0.3 is 5.97 Å². The summed E-state index contributed by atoms with van der Waals surface area (Å²) >= 11 is 0. The molecule has 0 amide bonds. The molecule has 0 saturated carbocycles. The molecule has 0 bridgehead atoms. The van der Waals surface area contributed by atoms with Crippen LogP contribution in [0.5, 0.6) is 0 Å². The first-order chi connectivity index (χ1) is 6.66. The molecule has 3 nitrogen and oxygen atoms in total. The molecule has 1 unspecified atom stereocenters. The molecule has 1 aromatic carbocycles. The predicted octanol–water partition coefficient (Wildman–Crippen LogP) is 1.53. The van der Waals surface area contributed by atoms with Gasteiger partial charge in [0.15, 0.2) is 0 Å². The SMILES string of the molecule is COC(=O)C(C(C)=O)c1ccccc1. The molecule has 0 radical (unpaired) electrons. The number of benzene rings is 1. The summed E-state index contributed by atoms with van der Waals surface area (Å²) < 4.78 is 4.57. The van der Waals surface area contributed by atoms with Crippen molar-refractivity contribution in [1.29, 1.82) is 0 Å². The van der Waals surface area contributed by atoms with Gasteiger partial charge in [-0.25, -0.2) is 0 Å². The van der Waals surface area contributed by atoms with Crippen molar-refractivity contribution in [3.8, 4) is 0 Å². The van der Waals surface area contributed by atoms with Gasteiger partial charge in [-0.1, -0.05) is 30.3 Å². The molecular weight excluding hydrogens is 180 g/mol. The number of ketones is 1. The highest BCUT2D eigenvalue weighted by Gasteiger charge is 2.25. The summed E-state index contributed by atoms with van der Waals surface area (Å²) in [6.07, 6.45) is 0. The van der Waals surface area contributed by atoms with Gasteiger partial charge in [0.25, 0.3) is 0 Å². The zero-order valence-corrected chi connectivity index (χ0v) is 8.19. The van der Waals surface area contributed by atoms with Crippen LogP contribution in [0.2, 0.25) is 0 Å². The third kappa shape index (κ3) is 2.19. The van der Waals surface area contributed by atoms with E-state index in [2.05, 4.69) is 4.74 Å². The third-order valence-corrected chi connectivity index (χ3v) is 1.98. The van der Waals surface area contributed by atoms with Crippen LogP contribution in [0.3, 0.4) is 0 Å². The van der Waals surface area contributed by atoms with E-state index >= 15 is 0 Å². The van der Waals surface area contributed by atoms with Crippen LogP contribution in [-0.2, 0) is 14.3 Å². The lowest BCUT2D eigenvalue weighted by molar-refractivity contribution is -0.145. The Morgan fingerprint density at radius 3 is 2.21 bits per heavy atom. The van der Waals surface area contributed by atoms with Crippen LogP contribution < -0.4 is 0 Å². The minimum atomic E-state index is -0.791. The van der Waals surface area contributed by atoms with Crippen LogP contribution in [-0.4, -0.2) is 18.9 Å². The van der Waals surface area contributed by atoms with Crippen molar-refractivity contribution in [2.24, 2.45) is 0 Å². The minimum Gasteiger partial charge on any atom is -0.468 e. The van der Waals surface area contributed by atoms with Gasteiger partial charge < -0.3 is 4.74 Å². The molecule has 14 heavy (non-hydrogen) atoms. The monoisotopic (exact) mass is 192 g/mol. The Morgan fingerprint density at radius 2 is 1.79 bits per heavy atom. The molecule has 3 heteroatoms. The number of Topliss-reactive ketones (excluding diaryl/α,β-unsaturated/α-hetero) is 1. The second-order valence-corrected chi connectivity index (χ2v) is 2.98.